The summed E-state index contributed by atoms with van der Waals surface area (Å²) in [6, 6.07) is 20.1. The summed E-state index contributed by atoms with van der Waals surface area (Å²) in [6.45, 7) is 0. The second-order valence-corrected chi connectivity index (χ2v) is 5.88. The van der Waals surface area contributed by atoms with E-state index in [-0.39, 0.29) is 17.1 Å². The third kappa shape index (κ3) is 2.65. The number of benzene rings is 3. The number of hydrogen-bond acceptors (Lipinski definition) is 3. The van der Waals surface area contributed by atoms with E-state index in [2.05, 4.69) is 10.6 Å². The van der Waals surface area contributed by atoms with E-state index in [9.17, 15) is 14.4 Å². The van der Waals surface area contributed by atoms with E-state index < -0.39 is 6.03 Å². The standard InChI is InChI=1S/C21H14N2O3/c24-19-14-9-4-5-10-15(14)20(25)18-16(19)11-6-12-17(18)23-21(26)22-13-7-2-1-3-8-13/h1-12H,(H2,22,23,26). The maximum atomic E-state index is 12.9. The number of nitrogens with one attached hydrogen (secondary N) is 2. The van der Waals surface area contributed by atoms with Crippen LogP contribution in [0.25, 0.3) is 0 Å². The van der Waals surface area contributed by atoms with Gasteiger partial charge in [-0.05, 0) is 18.2 Å². The molecule has 4 rings (SSSR count). The van der Waals surface area contributed by atoms with Gasteiger partial charge in [0.05, 0.1) is 11.3 Å². The fourth-order valence-corrected chi connectivity index (χ4v) is 3.06. The minimum absolute atomic E-state index is 0.220. The predicted octanol–water partition coefficient (Wildman–Crippen LogP) is 4.11. The Kier molecular flexibility index (Phi) is 3.82. The van der Waals surface area contributed by atoms with Crippen LogP contribution < -0.4 is 10.6 Å². The van der Waals surface area contributed by atoms with Crippen LogP contribution >= 0.6 is 0 Å². The Bertz CT molecular complexity index is 1040. The van der Waals surface area contributed by atoms with E-state index in [1.807, 2.05) is 6.07 Å². The summed E-state index contributed by atoms with van der Waals surface area (Å²) in [6.07, 6.45) is 0. The summed E-state index contributed by atoms with van der Waals surface area (Å²) in [7, 11) is 0. The Balaban J connectivity index is 1.69. The normalized spacial score (nSPS) is 12.2. The zero-order valence-electron chi connectivity index (χ0n) is 13.7. The van der Waals surface area contributed by atoms with Crippen molar-refractivity contribution < 1.29 is 14.4 Å². The fraction of sp³-hybridized carbons (Fsp3) is 0. The van der Waals surface area contributed by atoms with E-state index in [1.165, 1.54) is 0 Å². The van der Waals surface area contributed by atoms with Crippen molar-refractivity contribution in [3.8, 4) is 0 Å². The molecule has 0 atom stereocenters. The highest BCUT2D eigenvalue weighted by molar-refractivity contribution is 6.30. The number of rotatable bonds is 2. The molecule has 2 amide bonds. The van der Waals surface area contributed by atoms with Gasteiger partial charge in [-0.2, -0.15) is 0 Å². The number of ketones is 2. The molecular weight excluding hydrogens is 328 g/mol. The lowest BCUT2D eigenvalue weighted by atomic mass is 9.83. The lowest BCUT2D eigenvalue weighted by molar-refractivity contribution is 0.0979. The Morgan fingerprint density at radius 3 is 1.96 bits per heavy atom. The fourth-order valence-electron chi connectivity index (χ4n) is 3.06. The van der Waals surface area contributed by atoms with E-state index in [1.54, 1.807) is 66.7 Å². The SMILES string of the molecule is O=C(Nc1ccccc1)Nc1cccc2c1C(=O)c1ccccc1C2=O. The molecule has 5 nitrogen and oxygen atoms in total. The van der Waals surface area contributed by atoms with Crippen LogP contribution in [0.15, 0.2) is 72.8 Å². The lowest BCUT2D eigenvalue weighted by Crippen LogP contribution is -2.25. The summed E-state index contributed by atoms with van der Waals surface area (Å²) in [5.41, 5.74) is 2.19. The molecule has 26 heavy (non-hydrogen) atoms. The molecule has 1 aliphatic carbocycles. The van der Waals surface area contributed by atoms with Crippen molar-refractivity contribution in [2.75, 3.05) is 10.6 Å². The van der Waals surface area contributed by atoms with Crippen LogP contribution in [0.3, 0.4) is 0 Å². The van der Waals surface area contributed by atoms with Crippen LogP contribution in [0, 0.1) is 0 Å². The highest BCUT2D eigenvalue weighted by Gasteiger charge is 2.31. The van der Waals surface area contributed by atoms with Crippen molar-refractivity contribution >= 4 is 29.0 Å². The molecular formula is C21H14N2O3. The van der Waals surface area contributed by atoms with Crippen LogP contribution in [-0.4, -0.2) is 17.6 Å². The molecule has 0 saturated carbocycles. The molecule has 2 N–H and O–H groups in total. The quantitative estimate of drug-likeness (QED) is 0.576. The van der Waals surface area contributed by atoms with Crippen molar-refractivity contribution in [2.45, 2.75) is 0 Å². The molecule has 3 aromatic carbocycles. The molecule has 0 bridgehead atoms. The first-order chi connectivity index (χ1) is 12.6. The largest absolute Gasteiger partial charge is 0.323 e. The molecule has 0 saturated heterocycles. The second-order valence-electron chi connectivity index (χ2n) is 5.88. The second kappa shape index (κ2) is 6.29. The Hall–Kier alpha value is -3.73. The van der Waals surface area contributed by atoms with E-state index in [0.29, 0.717) is 28.1 Å². The molecule has 1 aliphatic rings. The number of anilines is 2. The first-order valence-corrected chi connectivity index (χ1v) is 8.09. The minimum atomic E-state index is -0.483. The van der Waals surface area contributed by atoms with Gasteiger partial charge in [0.2, 0.25) is 0 Å². The summed E-state index contributed by atoms with van der Waals surface area (Å²) in [4.78, 5) is 37.9. The number of amides is 2. The van der Waals surface area contributed by atoms with Gasteiger partial charge in [-0.15, -0.1) is 0 Å². The maximum Gasteiger partial charge on any atom is 0.323 e. The van der Waals surface area contributed by atoms with Gasteiger partial charge < -0.3 is 10.6 Å². The first kappa shape index (κ1) is 15.8. The van der Waals surface area contributed by atoms with Crippen LogP contribution in [0.1, 0.15) is 31.8 Å². The molecule has 0 unspecified atom stereocenters. The number of carbonyl (C=O) groups is 3. The average Bonchev–Trinajstić information content (AvgIpc) is 2.67. The van der Waals surface area contributed by atoms with Gasteiger partial charge in [0.15, 0.2) is 11.6 Å². The van der Waals surface area contributed by atoms with Crippen molar-refractivity contribution in [2.24, 2.45) is 0 Å². The molecule has 0 fully saturated rings. The zero-order valence-corrected chi connectivity index (χ0v) is 13.7. The van der Waals surface area contributed by atoms with Crippen molar-refractivity contribution in [1.82, 2.24) is 0 Å². The summed E-state index contributed by atoms with van der Waals surface area (Å²) in [5, 5.41) is 5.37. The van der Waals surface area contributed by atoms with Crippen LogP contribution in [-0.2, 0) is 0 Å². The van der Waals surface area contributed by atoms with Crippen molar-refractivity contribution in [3.63, 3.8) is 0 Å². The van der Waals surface area contributed by atoms with Crippen molar-refractivity contribution in [1.29, 1.82) is 0 Å². The van der Waals surface area contributed by atoms with E-state index >= 15 is 0 Å². The number of urea groups is 1. The summed E-state index contributed by atoms with van der Waals surface area (Å²) < 4.78 is 0. The van der Waals surface area contributed by atoms with Crippen LogP contribution in [0.4, 0.5) is 16.2 Å². The van der Waals surface area contributed by atoms with Gasteiger partial charge in [0.1, 0.15) is 0 Å². The highest BCUT2D eigenvalue weighted by atomic mass is 16.2. The monoisotopic (exact) mass is 342 g/mol. The molecule has 0 aliphatic heterocycles. The highest BCUT2D eigenvalue weighted by Crippen LogP contribution is 2.31. The number of fused-ring (bicyclic) bond motifs is 2. The molecule has 0 radical (unpaired) electrons. The Morgan fingerprint density at radius 1 is 0.615 bits per heavy atom. The topological polar surface area (TPSA) is 75.3 Å². The lowest BCUT2D eigenvalue weighted by Gasteiger charge is -2.20. The van der Waals surface area contributed by atoms with Gasteiger partial charge in [0, 0.05) is 22.4 Å². The molecule has 0 spiro atoms. The number of hydrogen-bond donors (Lipinski definition) is 2. The van der Waals surface area contributed by atoms with E-state index in [0.717, 1.165) is 0 Å². The van der Waals surface area contributed by atoms with Gasteiger partial charge in [-0.25, -0.2) is 4.79 Å². The van der Waals surface area contributed by atoms with E-state index in [4.69, 9.17) is 0 Å². The summed E-state index contributed by atoms with van der Waals surface area (Å²) in [5.74, 6) is -0.492. The van der Waals surface area contributed by atoms with Gasteiger partial charge in [-0.3, -0.25) is 9.59 Å². The third-order valence-electron chi connectivity index (χ3n) is 4.23. The molecule has 0 aromatic heterocycles. The Labute approximate surface area is 149 Å². The molecule has 5 heteroatoms. The third-order valence-corrected chi connectivity index (χ3v) is 4.23. The van der Waals surface area contributed by atoms with Crippen LogP contribution in [0.5, 0.6) is 0 Å². The Morgan fingerprint density at radius 2 is 1.23 bits per heavy atom. The van der Waals surface area contributed by atoms with Crippen LogP contribution in [0.2, 0.25) is 0 Å². The molecule has 3 aromatic rings. The molecule has 126 valence electrons. The number of para-hydroxylation sites is 1. The maximum absolute atomic E-state index is 12.9. The van der Waals surface area contributed by atoms with Crippen molar-refractivity contribution in [3.05, 3.63) is 95.1 Å². The van der Waals surface area contributed by atoms with Gasteiger partial charge in [0.25, 0.3) is 0 Å². The smallest absolute Gasteiger partial charge is 0.308 e. The first-order valence-electron chi connectivity index (χ1n) is 8.09. The minimum Gasteiger partial charge on any atom is -0.308 e. The van der Waals surface area contributed by atoms with Gasteiger partial charge >= 0.3 is 6.03 Å². The number of carbonyl (C=O) groups excluding carboxylic acids is 3. The predicted molar refractivity (Wildman–Crippen MR) is 98.8 cm³/mol. The molecule has 0 heterocycles. The zero-order chi connectivity index (χ0) is 18.1. The average molecular weight is 342 g/mol. The summed E-state index contributed by atoms with van der Waals surface area (Å²) >= 11 is 0. The van der Waals surface area contributed by atoms with Gasteiger partial charge in [-0.1, -0.05) is 54.6 Å².